The maximum Gasteiger partial charge on any atom is 0.282 e. The number of hydrogen-bond donors (Lipinski definition) is 1. The molecule has 1 aliphatic carbocycles. The van der Waals surface area contributed by atoms with E-state index in [-0.39, 0.29) is 17.2 Å². The minimum absolute atomic E-state index is 0.119. The fourth-order valence-corrected chi connectivity index (χ4v) is 6.56. The van der Waals surface area contributed by atoms with Crippen molar-refractivity contribution in [1.29, 1.82) is 0 Å². The van der Waals surface area contributed by atoms with E-state index in [2.05, 4.69) is 40.3 Å². The lowest BCUT2D eigenvalue weighted by Gasteiger charge is -2.46. The molecule has 0 radical (unpaired) electrons. The Hall–Kier alpha value is -3.73. The van der Waals surface area contributed by atoms with Gasteiger partial charge in [-0.05, 0) is 87.6 Å². The number of piperidine rings is 1. The van der Waals surface area contributed by atoms with Gasteiger partial charge in [0, 0.05) is 38.1 Å². The normalized spacial score (nSPS) is 21.4. The number of aldehydes is 1. The van der Waals surface area contributed by atoms with Crippen molar-refractivity contribution in [3.63, 3.8) is 0 Å². The van der Waals surface area contributed by atoms with Crippen LogP contribution in [0.3, 0.4) is 0 Å². The highest BCUT2D eigenvalue weighted by molar-refractivity contribution is 5.79. The van der Waals surface area contributed by atoms with Gasteiger partial charge in [0.2, 0.25) is 0 Å². The van der Waals surface area contributed by atoms with Crippen molar-refractivity contribution in [3.05, 3.63) is 54.5 Å². The van der Waals surface area contributed by atoms with Gasteiger partial charge in [-0.1, -0.05) is 0 Å². The zero-order valence-corrected chi connectivity index (χ0v) is 22.6. The number of nitrogens with zero attached hydrogens (tertiary/aromatic N) is 7. The lowest BCUT2D eigenvalue weighted by atomic mass is 9.67. The number of carbonyl (C=O) groups excluding carboxylic acids is 1. The maximum absolute atomic E-state index is 13.6. The summed E-state index contributed by atoms with van der Waals surface area (Å²) in [6.45, 7) is 5.09. The summed E-state index contributed by atoms with van der Waals surface area (Å²) in [6.07, 6.45) is 15.8. The molecule has 11 heteroatoms. The predicted octanol–water partition coefficient (Wildman–Crippen LogP) is 4.37. The Morgan fingerprint density at radius 3 is 2.70 bits per heavy atom. The molecule has 40 heavy (non-hydrogen) atoms. The first-order valence-corrected chi connectivity index (χ1v) is 14.2. The van der Waals surface area contributed by atoms with Gasteiger partial charge >= 0.3 is 0 Å². The number of halogens is 1. The van der Waals surface area contributed by atoms with Crippen LogP contribution in [0.2, 0.25) is 0 Å². The van der Waals surface area contributed by atoms with Gasteiger partial charge in [-0.3, -0.25) is 9.78 Å². The summed E-state index contributed by atoms with van der Waals surface area (Å²) >= 11 is 0. The summed E-state index contributed by atoms with van der Waals surface area (Å²) in [5, 5.41) is 11.6. The second kappa shape index (κ2) is 11.8. The standard InChI is InChI=1S/C29H35FN8O2/c30-23-1-2-25(22(15-23)19-39)40-28-27(33-20-34-36-28)38-12-5-21(18-38)17-37-13-8-29(9-14-37)6-3-24(4-7-29)35-26-16-31-10-11-32-26/h1-2,10-11,15-16,19-21,24H,3-9,12-14,17-18H2,(H,32,35). The molecule has 3 fully saturated rings. The largest absolute Gasteiger partial charge is 0.434 e. The highest BCUT2D eigenvalue weighted by atomic mass is 19.1. The Labute approximate surface area is 233 Å². The number of benzene rings is 1. The zero-order chi connectivity index (χ0) is 27.4. The fraction of sp³-hybridized carbons (Fsp3) is 0.517. The molecule has 1 atom stereocenters. The Kier molecular flexibility index (Phi) is 7.81. The molecule has 1 saturated carbocycles. The van der Waals surface area contributed by atoms with Gasteiger partial charge in [0.1, 0.15) is 23.7 Å². The molecule has 1 spiro atoms. The summed E-state index contributed by atoms with van der Waals surface area (Å²) in [7, 11) is 0. The first-order chi connectivity index (χ1) is 19.6. The summed E-state index contributed by atoms with van der Waals surface area (Å²) in [5.74, 6) is 1.96. The number of likely N-dealkylation sites (tertiary alicyclic amines) is 1. The van der Waals surface area contributed by atoms with E-state index in [0.29, 0.717) is 29.5 Å². The van der Waals surface area contributed by atoms with E-state index >= 15 is 0 Å². The molecule has 210 valence electrons. The number of anilines is 2. The van der Waals surface area contributed by atoms with Gasteiger partial charge in [0.25, 0.3) is 5.88 Å². The Bertz CT molecular complexity index is 1290. The Balaban J connectivity index is 0.995. The third-order valence-electron chi connectivity index (χ3n) is 8.86. The molecule has 2 saturated heterocycles. The van der Waals surface area contributed by atoms with Crippen LogP contribution in [0.5, 0.6) is 11.6 Å². The lowest BCUT2D eigenvalue weighted by Crippen LogP contribution is -2.45. The van der Waals surface area contributed by atoms with E-state index in [0.717, 1.165) is 51.0 Å². The van der Waals surface area contributed by atoms with Crippen LogP contribution in [0.25, 0.3) is 0 Å². The molecule has 1 unspecified atom stereocenters. The number of ether oxygens (including phenoxy) is 1. The first kappa shape index (κ1) is 26.5. The molecule has 0 bridgehead atoms. The van der Waals surface area contributed by atoms with Crippen molar-refractivity contribution in [2.45, 2.75) is 51.0 Å². The Morgan fingerprint density at radius 1 is 1.07 bits per heavy atom. The van der Waals surface area contributed by atoms with Gasteiger partial charge in [0.15, 0.2) is 12.1 Å². The number of hydrogen-bond acceptors (Lipinski definition) is 10. The van der Waals surface area contributed by atoms with E-state index in [4.69, 9.17) is 4.74 Å². The fourth-order valence-electron chi connectivity index (χ4n) is 6.56. The second-order valence-electron chi connectivity index (χ2n) is 11.4. The minimum Gasteiger partial charge on any atom is -0.434 e. The van der Waals surface area contributed by atoms with E-state index in [9.17, 15) is 9.18 Å². The highest BCUT2D eigenvalue weighted by Crippen LogP contribution is 2.45. The Morgan fingerprint density at radius 2 is 1.93 bits per heavy atom. The molecule has 0 amide bonds. The third kappa shape index (κ3) is 6.04. The highest BCUT2D eigenvalue weighted by Gasteiger charge is 2.39. The molecule has 2 aliphatic heterocycles. The minimum atomic E-state index is -0.499. The van der Waals surface area contributed by atoms with Crippen LogP contribution in [-0.2, 0) is 0 Å². The zero-order valence-electron chi connectivity index (χ0n) is 22.6. The molecule has 1 N–H and O–H groups in total. The van der Waals surface area contributed by atoms with Crippen molar-refractivity contribution in [3.8, 4) is 11.6 Å². The van der Waals surface area contributed by atoms with Crippen molar-refractivity contribution < 1.29 is 13.9 Å². The summed E-state index contributed by atoms with van der Waals surface area (Å²) in [4.78, 5) is 29.2. The molecule has 3 aliphatic rings. The summed E-state index contributed by atoms with van der Waals surface area (Å²) in [6, 6.07) is 4.31. The molecular weight excluding hydrogens is 511 g/mol. The van der Waals surface area contributed by atoms with Crippen LogP contribution in [-0.4, -0.2) is 75.1 Å². The quantitative estimate of drug-likeness (QED) is 0.409. The molecule has 4 heterocycles. The number of carbonyl (C=O) groups is 1. The summed E-state index contributed by atoms with van der Waals surface area (Å²) < 4.78 is 19.4. The van der Waals surface area contributed by atoms with Crippen molar-refractivity contribution in [2.75, 3.05) is 42.9 Å². The molecule has 1 aromatic carbocycles. The smallest absolute Gasteiger partial charge is 0.282 e. The average Bonchev–Trinajstić information content (AvgIpc) is 3.46. The molecule has 3 aromatic rings. The van der Waals surface area contributed by atoms with Crippen LogP contribution < -0.4 is 15.0 Å². The summed E-state index contributed by atoms with van der Waals surface area (Å²) in [5.41, 5.74) is 0.604. The average molecular weight is 547 g/mol. The molecule has 2 aromatic heterocycles. The van der Waals surface area contributed by atoms with Crippen LogP contribution >= 0.6 is 0 Å². The number of nitrogens with one attached hydrogen (secondary N) is 1. The van der Waals surface area contributed by atoms with E-state index in [1.54, 1.807) is 18.6 Å². The lowest BCUT2D eigenvalue weighted by molar-refractivity contribution is 0.0584. The van der Waals surface area contributed by atoms with Gasteiger partial charge < -0.3 is 19.9 Å². The van der Waals surface area contributed by atoms with Crippen LogP contribution in [0.4, 0.5) is 16.0 Å². The first-order valence-electron chi connectivity index (χ1n) is 14.2. The van der Waals surface area contributed by atoms with Gasteiger partial charge in [-0.25, -0.2) is 14.4 Å². The number of rotatable bonds is 8. The van der Waals surface area contributed by atoms with Crippen molar-refractivity contribution in [2.24, 2.45) is 11.3 Å². The van der Waals surface area contributed by atoms with Crippen LogP contribution in [0, 0.1) is 17.2 Å². The van der Waals surface area contributed by atoms with Crippen LogP contribution in [0.1, 0.15) is 55.3 Å². The maximum atomic E-state index is 13.6. The van der Waals surface area contributed by atoms with Crippen molar-refractivity contribution in [1.82, 2.24) is 30.0 Å². The van der Waals surface area contributed by atoms with Crippen molar-refractivity contribution >= 4 is 17.9 Å². The third-order valence-corrected chi connectivity index (χ3v) is 8.86. The molecule has 10 nitrogen and oxygen atoms in total. The molecule has 6 rings (SSSR count). The van der Waals surface area contributed by atoms with Crippen LogP contribution in [0.15, 0.2) is 43.1 Å². The van der Waals surface area contributed by atoms with E-state index in [1.807, 2.05) is 0 Å². The van der Waals surface area contributed by atoms with Gasteiger partial charge in [0.05, 0.1) is 11.8 Å². The van der Waals surface area contributed by atoms with Gasteiger partial charge in [-0.2, -0.15) is 0 Å². The second-order valence-corrected chi connectivity index (χ2v) is 11.4. The predicted molar refractivity (Wildman–Crippen MR) is 148 cm³/mol. The topological polar surface area (TPSA) is 109 Å². The monoisotopic (exact) mass is 546 g/mol. The molecular formula is C29H35FN8O2. The SMILES string of the molecule is O=Cc1cc(F)ccc1Oc1nncnc1N1CCC(CN2CCC3(CCC(Nc4cnccn4)CC3)CC2)C1. The van der Waals surface area contributed by atoms with Gasteiger partial charge in [-0.15, -0.1) is 10.2 Å². The van der Waals surface area contributed by atoms with E-state index < -0.39 is 5.82 Å². The van der Waals surface area contributed by atoms with E-state index in [1.165, 1.54) is 57.0 Å². The number of aromatic nitrogens is 5.